The summed E-state index contributed by atoms with van der Waals surface area (Å²) >= 11 is 1.60. The second-order valence-electron chi connectivity index (χ2n) is 10.6. The number of nitro groups is 1. The molecule has 0 spiro atoms. The van der Waals surface area contributed by atoms with Gasteiger partial charge in [0, 0.05) is 51.4 Å². The van der Waals surface area contributed by atoms with Gasteiger partial charge in [0.1, 0.15) is 6.61 Å². The summed E-state index contributed by atoms with van der Waals surface area (Å²) in [7, 11) is -1.97. The normalized spacial score (nSPS) is 15.0. The molecule has 4 rings (SSSR count). The molecule has 0 saturated carbocycles. The van der Waals surface area contributed by atoms with Crippen molar-refractivity contribution in [3.05, 3.63) is 92.7 Å². The first kappa shape index (κ1) is 35.4. The van der Waals surface area contributed by atoms with Gasteiger partial charge in [-0.15, -0.1) is 12.4 Å². The van der Waals surface area contributed by atoms with E-state index in [9.17, 15) is 28.4 Å². The molecule has 1 aliphatic rings. The van der Waals surface area contributed by atoms with Crippen LogP contribution in [-0.4, -0.2) is 91.1 Å². The van der Waals surface area contributed by atoms with Crippen molar-refractivity contribution in [1.29, 1.82) is 0 Å². The Morgan fingerprint density at radius 3 is 2.41 bits per heavy atom. The van der Waals surface area contributed by atoms with E-state index in [-0.39, 0.29) is 54.7 Å². The maximum Gasteiger partial charge on any atom is 0.410 e. The summed E-state index contributed by atoms with van der Waals surface area (Å²) in [6.45, 7) is 2.64. The first-order valence-corrected chi connectivity index (χ1v) is 16.6. The van der Waals surface area contributed by atoms with Gasteiger partial charge in [-0.3, -0.25) is 10.1 Å². The number of benzene rings is 2. The molecule has 44 heavy (non-hydrogen) atoms. The van der Waals surface area contributed by atoms with Crippen molar-refractivity contribution in [1.82, 2.24) is 14.1 Å². The largest absolute Gasteiger partial charge is 0.445 e. The minimum atomic E-state index is -3.60. The lowest BCUT2D eigenvalue weighted by atomic mass is 9.97. The molecule has 2 aromatic carbocycles. The van der Waals surface area contributed by atoms with Crippen molar-refractivity contribution in [3.63, 3.8) is 0 Å². The first-order valence-electron chi connectivity index (χ1n) is 14.2. The van der Waals surface area contributed by atoms with E-state index in [1.165, 1.54) is 16.4 Å². The Morgan fingerprint density at radius 2 is 1.82 bits per heavy atom. The van der Waals surface area contributed by atoms with Crippen LogP contribution in [0.5, 0.6) is 0 Å². The van der Waals surface area contributed by atoms with Crippen LogP contribution in [0, 0.1) is 10.1 Å². The number of hydrogen-bond donors (Lipinski definition) is 1. The first-order chi connectivity index (χ1) is 20.7. The maximum atomic E-state index is 13.1. The van der Waals surface area contributed by atoms with E-state index in [0.29, 0.717) is 12.1 Å². The number of sulfonamides is 1. The highest BCUT2D eigenvalue weighted by atomic mass is 35.5. The number of carbonyl (C=O) groups is 1. The Kier molecular flexibility index (Phi) is 13.6. The third-order valence-corrected chi connectivity index (χ3v) is 10.4. The van der Waals surface area contributed by atoms with Crippen molar-refractivity contribution >= 4 is 45.5 Å². The average molecular weight is 667 g/mol. The summed E-state index contributed by atoms with van der Waals surface area (Å²) in [5.41, 5.74) is 1.73. The van der Waals surface area contributed by atoms with Gasteiger partial charge < -0.3 is 19.6 Å². The molecule has 2 heterocycles. The zero-order valence-corrected chi connectivity index (χ0v) is 27.0. The quantitative estimate of drug-likeness (QED) is 0.188. The zero-order chi connectivity index (χ0) is 30.8. The van der Waals surface area contributed by atoms with Crippen molar-refractivity contribution in [2.75, 3.05) is 46.4 Å². The molecule has 1 fully saturated rings. The smallest absolute Gasteiger partial charge is 0.410 e. The van der Waals surface area contributed by atoms with Gasteiger partial charge in [-0.25, -0.2) is 17.5 Å². The standard InChI is InChI=1S/C30H38N4O7S2.ClH/c1-31(43(39,40)29-5-3-2-4-6-29)21-25(26-14-20-42-23-26)11-15-32-16-12-27(13-17-32)33(18-19-35)30(36)41-22-24-7-9-28(10-8-24)34(37)38;/h2-10,14,20,23,25,27,35H,11-13,15-19,21-22H2,1H3;1H/t25-;/m1./s1. The van der Waals surface area contributed by atoms with E-state index in [4.69, 9.17) is 4.74 Å². The molecule has 11 nitrogen and oxygen atoms in total. The topological polar surface area (TPSA) is 134 Å². The molecule has 0 aliphatic carbocycles. The Morgan fingerprint density at radius 1 is 1.14 bits per heavy atom. The van der Waals surface area contributed by atoms with Crippen molar-refractivity contribution < 1.29 is 28.0 Å². The lowest BCUT2D eigenvalue weighted by Crippen LogP contribution is -2.48. The van der Waals surface area contributed by atoms with Crippen LogP contribution >= 0.6 is 23.7 Å². The van der Waals surface area contributed by atoms with Gasteiger partial charge in [0.25, 0.3) is 5.69 Å². The van der Waals surface area contributed by atoms with Crippen LogP contribution < -0.4 is 0 Å². The molecule has 1 N–H and O–H groups in total. The molecular weight excluding hydrogens is 628 g/mol. The maximum absolute atomic E-state index is 13.1. The second kappa shape index (κ2) is 16.8. The number of halogens is 1. The summed E-state index contributed by atoms with van der Waals surface area (Å²) in [5, 5.41) is 24.5. The van der Waals surface area contributed by atoms with Gasteiger partial charge in [0.05, 0.1) is 16.4 Å². The van der Waals surface area contributed by atoms with Crippen molar-refractivity contribution in [2.24, 2.45) is 0 Å². The molecule has 3 aromatic rings. The highest BCUT2D eigenvalue weighted by Crippen LogP contribution is 2.27. The monoisotopic (exact) mass is 666 g/mol. The number of aliphatic hydroxyl groups excluding tert-OH is 1. The van der Waals surface area contributed by atoms with Crippen LogP contribution in [0.15, 0.2) is 76.3 Å². The van der Waals surface area contributed by atoms with E-state index < -0.39 is 21.0 Å². The fourth-order valence-electron chi connectivity index (χ4n) is 5.32. The van der Waals surface area contributed by atoms with Crippen LogP contribution in [0.2, 0.25) is 0 Å². The number of non-ortho nitro benzene ring substituents is 1. The summed E-state index contributed by atoms with van der Waals surface area (Å²) < 4.78 is 33.2. The van der Waals surface area contributed by atoms with Gasteiger partial charge >= 0.3 is 6.09 Å². The third-order valence-electron chi connectivity index (χ3n) is 7.82. The SMILES string of the molecule is CN(C[C@@H](CCN1CCC(N(CCO)C(=O)OCc2ccc([N+](=O)[O-])cc2)CC1)c1ccsc1)S(=O)(=O)c1ccccc1.Cl. The van der Waals surface area contributed by atoms with E-state index in [1.54, 1.807) is 65.7 Å². The molecule has 1 atom stereocenters. The number of carbonyl (C=O) groups excluding carboxylic acids is 1. The number of ether oxygens (including phenoxy) is 1. The highest BCUT2D eigenvalue weighted by Gasteiger charge is 2.30. The zero-order valence-electron chi connectivity index (χ0n) is 24.6. The molecule has 240 valence electrons. The molecule has 14 heteroatoms. The van der Waals surface area contributed by atoms with Crippen molar-refractivity contribution in [2.45, 2.75) is 42.7 Å². The predicted molar refractivity (Wildman–Crippen MR) is 172 cm³/mol. The van der Waals surface area contributed by atoms with E-state index in [1.807, 2.05) is 5.38 Å². The number of amides is 1. The van der Waals surface area contributed by atoms with Gasteiger partial charge in [-0.1, -0.05) is 18.2 Å². The van der Waals surface area contributed by atoms with Crippen LogP contribution in [0.25, 0.3) is 0 Å². The minimum Gasteiger partial charge on any atom is -0.445 e. The Hall–Kier alpha value is -3.07. The number of nitro benzene ring substituents is 1. The number of nitrogens with zero attached hydrogens (tertiary/aromatic N) is 4. The number of thiophene rings is 1. The number of aliphatic hydroxyl groups is 1. The molecule has 1 amide bonds. The van der Waals surface area contributed by atoms with Crippen LogP contribution in [-0.2, 0) is 21.4 Å². The number of likely N-dealkylation sites (N-methyl/N-ethyl adjacent to an activating group) is 1. The summed E-state index contributed by atoms with van der Waals surface area (Å²) in [6.07, 6.45) is 1.70. The highest BCUT2D eigenvalue weighted by molar-refractivity contribution is 7.89. The molecule has 0 bridgehead atoms. The molecule has 1 aromatic heterocycles. The Balaban J connectivity index is 0.00000529. The van der Waals surface area contributed by atoms with Crippen molar-refractivity contribution in [3.8, 4) is 0 Å². The Bertz CT molecular complexity index is 1420. The Labute approximate surface area is 268 Å². The van der Waals surface area contributed by atoms with E-state index in [0.717, 1.165) is 44.5 Å². The number of hydrogen-bond acceptors (Lipinski definition) is 9. The third kappa shape index (κ3) is 9.46. The molecule has 0 unspecified atom stereocenters. The van der Waals surface area contributed by atoms with Crippen LogP contribution in [0.4, 0.5) is 10.5 Å². The summed E-state index contributed by atoms with van der Waals surface area (Å²) in [4.78, 5) is 27.5. The average Bonchev–Trinajstić information content (AvgIpc) is 3.56. The fraction of sp³-hybridized carbons (Fsp3) is 0.433. The van der Waals surface area contributed by atoms with Gasteiger partial charge in [0.15, 0.2) is 0 Å². The van der Waals surface area contributed by atoms with Crippen LogP contribution in [0.1, 0.15) is 36.3 Å². The summed E-state index contributed by atoms with van der Waals surface area (Å²) in [6, 6.07) is 16.3. The number of likely N-dealkylation sites (tertiary alicyclic amines) is 1. The van der Waals surface area contributed by atoms with Crippen LogP contribution in [0.3, 0.4) is 0 Å². The summed E-state index contributed by atoms with van der Waals surface area (Å²) in [5.74, 6) is 0.0350. The molecule has 0 radical (unpaired) electrons. The van der Waals surface area contributed by atoms with Gasteiger partial charge in [-0.2, -0.15) is 11.3 Å². The lowest BCUT2D eigenvalue weighted by Gasteiger charge is -2.38. The molecule has 1 saturated heterocycles. The predicted octanol–water partition coefficient (Wildman–Crippen LogP) is 4.97. The van der Waals surface area contributed by atoms with E-state index in [2.05, 4.69) is 16.3 Å². The fourth-order valence-corrected chi connectivity index (χ4v) is 7.30. The minimum absolute atomic E-state index is 0. The van der Waals surface area contributed by atoms with Gasteiger partial charge in [-0.05, 0) is 83.9 Å². The number of piperidine rings is 1. The second-order valence-corrected chi connectivity index (χ2v) is 13.4. The molecular formula is C30H39ClN4O7S2. The van der Waals surface area contributed by atoms with Gasteiger partial charge in [0.2, 0.25) is 10.0 Å². The van der Waals surface area contributed by atoms with E-state index >= 15 is 0 Å². The molecule has 1 aliphatic heterocycles. The lowest BCUT2D eigenvalue weighted by molar-refractivity contribution is -0.384. The number of rotatable bonds is 14.